The molecule has 2 heterocycles. The molecule has 0 saturated heterocycles. The van der Waals surface area contributed by atoms with Crippen LogP contribution in [0.1, 0.15) is 48.8 Å². The number of hydrogen-bond acceptors (Lipinski definition) is 4. The van der Waals surface area contributed by atoms with Gasteiger partial charge in [-0.3, -0.25) is 4.57 Å². The van der Waals surface area contributed by atoms with Gasteiger partial charge in [0.15, 0.2) is 17.4 Å². The summed E-state index contributed by atoms with van der Waals surface area (Å²) < 4.78 is 22.0. The molecule has 2 aromatic carbocycles. The number of benzene rings is 2. The first-order valence-electron chi connectivity index (χ1n) is 10.0. The third-order valence-corrected chi connectivity index (χ3v) is 6.04. The summed E-state index contributed by atoms with van der Waals surface area (Å²) in [5.41, 5.74) is 2.24. The fraction of sp³-hybridized carbons (Fsp3) is 0.364. The van der Waals surface area contributed by atoms with Gasteiger partial charge in [0, 0.05) is 17.5 Å². The highest BCUT2D eigenvalue weighted by Crippen LogP contribution is 2.36. The number of nitrogens with zero attached hydrogens (tertiary/aromatic N) is 3. The second kappa shape index (κ2) is 7.76. The molecule has 0 amide bonds. The molecule has 0 atom stereocenters. The Balaban J connectivity index is 1.36. The average molecular weight is 413 g/mol. The monoisotopic (exact) mass is 412 g/mol. The number of halogens is 2. The van der Waals surface area contributed by atoms with E-state index in [0.717, 1.165) is 60.2 Å². The van der Waals surface area contributed by atoms with Crippen molar-refractivity contribution in [2.24, 2.45) is 0 Å². The van der Waals surface area contributed by atoms with E-state index in [4.69, 9.17) is 16.3 Å². The zero-order chi connectivity index (χ0) is 19.8. The van der Waals surface area contributed by atoms with Gasteiger partial charge in [0.1, 0.15) is 5.82 Å². The molecule has 1 aliphatic heterocycles. The van der Waals surface area contributed by atoms with Crippen LogP contribution in [0, 0.1) is 5.82 Å². The normalized spacial score (nSPS) is 21.2. The van der Waals surface area contributed by atoms with Gasteiger partial charge in [-0.1, -0.05) is 23.7 Å². The van der Waals surface area contributed by atoms with Crippen LogP contribution in [0.15, 0.2) is 42.5 Å². The molecular weight excluding hydrogens is 391 g/mol. The molecule has 1 aliphatic carbocycles. The van der Waals surface area contributed by atoms with E-state index >= 15 is 0 Å². The van der Waals surface area contributed by atoms with E-state index in [1.807, 2.05) is 18.2 Å². The first-order chi connectivity index (χ1) is 14.2. The van der Waals surface area contributed by atoms with Gasteiger partial charge in [0.2, 0.25) is 0 Å². The summed E-state index contributed by atoms with van der Waals surface area (Å²) in [6.45, 7) is 1.42. The maximum absolute atomic E-state index is 13.9. The lowest BCUT2D eigenvalue weighted by Gasteiger charge is -2.29. The Hall–Kier alpha value is -2.44. The van der Waals surface area contributed by atoms with Crippen LogP contribution >= 0.6 is 11.6 Å². The Morgan fingerprint density at radius 3 is 2.69 bits per heavy atom. The van der Waals surface area contributed by atoms with E-state index in [0.29, 0.717) is 18.2 Å². The lowest BCUT2D eigenvalue weighted by Crippen LogP contribution is -2.25. The Morgan fingerprint density at radius 1 is 1.03 bits per heavy atom. The standard InChI is InChI=1S/C22H22ClFN4O/c23-16-7-10-19-15(11-16)12-25-13-21-26-27-22(28(19)21)14-5-8-17(9-6-14)29-20-4-2-1-3-18(20)24/h1-4,7,10-11,14,17,25H,5-6,8-9,12-13H2/t14-,17-. The lowest BCUT2D eigenvalue weighted by molar-refractivity contribution is 0.139. The maximum atomic E-state index is 13.9. The molecular formula is C22H22ClFN4O. The van der Waals surface area contributed by atoms with Crippen LogP contribution in [0.25, 0.3) is 5.69 Å². The minimum Gasteiger partial charge on any atom is -0.487 e. The number of aromatic nitrogens is 3. The molecule has 1 fully saturated rings. The van der Waals surface area contributed by atoms with Crippen molar-refractivity contribution in [3.63, 3.8) is 0 Å². The number of para-hydroxylation sites is 1. The van der Waals surface area contributed by atoms with Gasteiger partial charge in [0.05, 0.1) is 18.3 Å². The topological polar surface area (TPSA) is 52.0 Å². The van der Waals surface area contributed by atoms with E-state index in [-0.39, 0.29) is 11.9 Å². The molecule has 0 radical (unpaired) electrons. The molecule has 1 N–H and O–H groups in total. The fourth-order valence-electron chi connectivity index (χ4n) is 4.35. The summed E-state index contributed by atoms with van der Waals surface area (Å²) >= 11 is 6.20. The van der Waals surface area contributed by atoms with Crippen LogP contribution < -0.4 is 10.1 Å². The van der Waals surface area contributed by atoms with Crippen molar-refractivity contribution in [1.82, 2.24) is 20.1 Å². The molecule has 150 valence electrons. The summed E-state index contributed by atoms with van der Waals surface area (Å²) in [6, 6.07) is 12.6. The van der Waals surface area contributed by atoms with Gasteiger partial charge in [-0.25, -0.2) is 4.39 Å². The van der Waals surface area contributed by atoms with Crippen molar-refractivity contribution in [1.29, 1.82) is 0 Å². The Morgan fingerprint density at radius 2 is 1.86 bits per heavy atom. The smallest absolute Gasteiger partial charge is 0.165 e. The number of hydrogen-bond donors (Lipinski definition) is 1. The summed E-state index contributed by atoms with van der Waals surface area (Å²) in [4.78, 5) is 0. The van der Waals surface area contributed by atoms with Crippen molar-refractivity contribution in [2.75, 3.05) is 0 Å². The molecule has 0 spiro atoms. The highest BCUT2D eigenvalue weighted by Gasteiger charge is 2.30. The SMILES string of the molecule is Fc1ccccc1O[C@H]1CC[C@H](c2nnc3n2-c2ccc(Cl)cc2CNC3)CC1. The summed E-state index contributed by atoms with van der Waals surface area (Å²) in [6.07, 6.45) is 3.64. The quantitative estimate of drug-likeness (QED) is 0.673. The number of nitrogens with one attached hydrogen (secondary N) is 1. The van der Waals surface area contributed by atoms with E-state index in [2.05, 4.69) is 20.1 Å². The molecule has 7 heteroatoms. The van der Waals surface area contributed by atoms with Gasteiger partial charge < -0.3 is 10.1 Å². The van der Waals surface area contributed by atoms with Gasteiger partial charge in [-0.15, -0.1) is 10.2 Å². The minimum absolute atomic E-state index is 0.0300. The first kappa shape index (κ1) is 18.6. The first-order valence-corrected chi connectivity index (χ1v) is 10.4. The fourth-order valence-corrected chi connectivity index (χ4v) is 4.55. The molecule has 2 aliphatic rings. The Bertz CT molecular complexity index is 1030. The molecule has 1 saturated carbocycles. The van der Waals surface area contributed by atoms with Crippen molar-refractivity contribution >= 4 is 11.6 Å². The Kier molecular flexibility index (Phi) is 4.97. The third-order valence-electron chi connectivity index (χ3n) is 5.81. The average Bonchev–Trinajstić information content (AvgIpc) is 3.06. The van der Waals surface area contributed by atoms with Crippen molar-refractivity contribution in [2.45, 2.75) is 50.8 Å². The minimum atomic E-state index is -0.305. The summed E-state index contributed by atoms with van der Waals surface area (Å²) in [5, 5.41) is 13.1. The zero-order valence-corrected chi connectivity index (χ0v) is 16.7. The summed E-state index contributed by atoms with van der Waals surface area (Å²) in [5.74, 6) is 2.25. The van der Waals surface area contributed by atoms with Crippen LogP contribution in [0.4, 0.5) is 4.39 Å². The molecule has 29 heavy (non-hydrogen) atoms. The second-order valence-electron chi connectivity index (χ2n) is 7.71. The summed E-state index contributed by atoms with van der Waals surface area (Å²) in [7, 11) is 0. The van der Waals surface area contributed by atoms with Crippen LogP contribution in [-0.4, -0.2) is 20.9 Å². The van der Waals surface area contributed by atoms with Crippen LogP contribution in [-0.2, 0) is 13.1 Å². The number of rotatable bonds is 3. The van der Waals surface area contributed by atoms with Crippen molar-refractivity contribution in [3.05, 3.63) is 70.5 Å². The number of ether oxygens (including phenoxy) is 1. The molecule has 0 bridgehead atoms. The second-order valence-corrected chi connectivity index (χ2v) is 8.14. The van der Waals surface area contributed by atoms with E-state index in [1.165, 1.54) is 6.07 Å². The third kappa shape index (κ3) is 3.63. The van der Waals surface area contributed by atoms with E-state index < -0.39 is 0 Å². The molecule has 1 aromatic heterocycles. The lowest BCUT2D eigenvalue weighted by atomic mass is 9.86. The largest absolute Gasteiger partial charge is 0.487 e. The van der Waals surface area contributed by atoms with E-state index in [1.54, 1.807) is 18.2 Å². The van der Waals surface area contributed by atoms with Gasteiger partial charge in [-0.05, 0) is 61.6 Å². The van der Waals surface area contributed by atoms with Crippen molar-refractivity contribution < 1.29 is 9.13 Å². The molecule has 5 nitrogen and oxygen atoms in total. The van der Waals surface area contributed by atoms with Crippen LogP contribution in [0.5, 0.6) is 5.75 Å². The molecule has 0 unspecified atom stereocenters. The number of fused-ring (bicyclic) bond motifs is 3. The van der Waals surface area contributed by atoms with Crippen molar-refractivity contribution in [3.8, 4) is 11.4 Å². The van der Waals surface area contributed by atoms with Gasteiger partial charge >= 0.3 is 0 Å². The van der Waals surface area contributed by atoms with Gasteiger partial charge in [-0.2, -0.15) is 0 Å². The highest BCUT2D eigenvalue weighted by atomic mass is 35.5. The Labute approximate surface area is 173 Å². The van der Waals surface area contributed by atoms with Gasteiger partial charge in [0.25, 0.3) is 0 Å². The molecule has 3 aromatic rings. The predicted octanol–water partition coefficient (Wildman–Crippen LogP) is 4.77. The van der Waals surface area contributed by atoms with Crippen LogP contribution in [0.2, 0.25) is 5.02 Å². The van der Waals surface area contributed by atoms with E-state index in [9.17, 15) is 4.39 Å². The molecule has 5 rings (SSSR count). The maximum Gasteiger partial charge on any atom is 0.165 e. The predicted molar refractivity (Wildman–Crippen MR) is 109 cm³/mol. The highest BCUT2D eigenvalue weighted by molar-refractivity contribution is 6.30. The van der Waals surface area contributed by atoms with Crippen LogP contribution in [0.3, 0.4) is 0 Å². The zero-order valence-electron chi connectivity index (χ0n) is 15.9.